The highest BCUT2D eigenvalue weighted by Gasteiger charge is 2.36. The Balaban J connectivity index is 1.41. The largest absolute Gasteiger partial charge is 0.464 e. The maximum Gasteiger partial charge on any atom is 0.305 e. The van der Waals surface area contributed by atoms with Gasteiger partial charge in [0, 0.05) is 38.4 Å². The maximum atomic E-state index is 12.2. The molecule has 4 nitrogen and oxygen atoms in total. The molecule has 0 spiro atoms. The Morgan fingerprint density at radius 3 is 2.67 bits per heavy atom. The Morgan fingerprint density at radius 2 is 1.86 bits per heavy atom. The summed E-state index contributed by atoms with van der Waals surface area (Å²) < 4.78 is 10.8. The van der Waals surface area contributed by atoms with Crippen LogP contribution in [-0.4, -0.2) is 50.3 Å². The maximum absolute atomic E-state index is 12.2. The smallest absolute Gasteiger partial charge is 0.305 e. The first kappa shape index (κ1) is 29.2. The lowest BCUT2D eigenvalue weighted by Crippen LogP contribution is -2.38. The molecule has 3 aliphatic rings. The third kappa shape index (κ3) is 11.0. The van der Waals surface area contributed by atoms with E-state index in [1.165, 1.54) is 77.0 Å². The van der Waals surface area contributed by atoms with Crippen LogP contribution in [0.3, 0.4) is 0 Å². The third-order valence-corrected chi connectivity index (χ3v) is 8.59. The summed E-state index contributed by atoms with van der Waals surface area (Å²) in [6.07, 6.45) is 24.6. The van der Waals surface area contributed by atoms with Gasteiger partial charge in [-0.2, -0.15) is 0 Å². The number of nitrogens with zero attached hydrogens (tertiary/aromatic N) is 1. The number of rotatable bonds is 14. The molecular formula is C32H53NO3. The van der Waals surface area contributed by atoms with Gasteiger partial charge < -0.3 is 9.47 Å². The fourth-order valence-corrected chi connectivity index (χ4v) is 6.44. The fourth-order valence-electron chi connectivity index (χ4n) is 6.44. The lowest BCUT2D eigenvalue weighted by molar-refractivity contribution is -0.144. The normalized spacial score (nSPS) is 24.5. The van der Waals surface area contributed by atoms with E-state index in [2.05, 4.69) is 35.8 Å². The second kappa shape index (κ2) is 18.0. The minimum absolute atomic E-state index is 0.0504. The van der Waals surface area contributed by atoms with Gasteiger partial charge in [0.25, 0.3) is 0 Å². The molecule has 1 heterocycles. The highest BCUT2D eigenvalue weighted by Crippen LogP contribution is 2.44. The molecule has 0 amide bonds. The van der Waals surface area contributed by atoms with E-state index in [0.29, 0.717) is 24.9 Å². The number of hydrogen-bond acceptors (Lipinski definition) is 4. The van der Waals surface area contributed by atoms with Gasteiger partial charge in [-0.25, -0.2) is 0 Å². The second-order valence-electron chi connectivity index (χ2n) is 11.3. The summed E-state index contributed by atoms with van der Waals surface area (Å²) in [4.78, 5) is 14.5. The van der Waals surface area contributed by atoms with Gasteiger partial charge in [0.15, 0.2) is 0 Å². The van der Waals surface area contributed by atoms with Crippen LogP contribution in [0.15, 0.2) is 12.2 Å². The predicted octanol–water partition coefficient (Wildman–Crippen LogP) is 7.17. The number of esters is 1. The first-order valence-electron chi connectivity index (χ1n) is 15.4. The van der Waals surface area contributed by atoms with Crippen molar-refractivity contribution < 1.29 is 14.3 Å². The van der Waals surface area contributed by atoms with E-state index < -0.39 is 0 Å². The summed E-state index contributed by atoms with van der Waals surface area (Å²) in [5.74, 6) is 10.1. The first-order valence-corrected chi connectivity index (χ1v) is 15.4. The molecule has 1 aliphatic heterocycles. The highest BCUT2D eigenvalue weighted by molar-refractivity contribution is 5.69. The minimum atomic E-state index is -0.0504. The molecule has 4 heteroatoms. The van der Waals surface area contributed by atoms with Crippen molar-refractivity contribution in [2.75, 3.05) is 39.5 Å². The zero-order chi connectivity index (χ0) is 25.3. The molecule has 0 aromatic rings. The molecule has 0 aromatic heterocycles. The summed E-state index contributed by atoms with van der Waals surface area (Å²) >= 11 is 0. The molecule has 0 radical (unpaired) electrons. The highest BCUT2D eigenvalue weighted by atomic mass is 16.5. The molecular weight excluding hydrogens is 446 g/mol. The van der Waals surface area contributed by atoms with Crippen LogP contribution in [-0.2, 0) is 14.3 Å². The van der Waals surface area contributed by atoms with Crippen LogP contribution < -0.4 is 0 Å². The van der Waals surface area contributed by atoms with Crippen LogP contribution in [0.1, 0.15) is 110 Å². The van der Waals surface area contributed by atoms with Gasteiger partial charge in [-0.05, 0) is 62.7 Å². The van der Waals surface area contributed by atoms with E-state index in [4.69, 9.17) is 9.47 Å². The molecule has 3 atom stereocenters. The van der Waals surface area contributed by atoms with Gasteiger partial charge in [-0.15, -0.1) is 5.92 Å². The number of unbranched alkanes of at least 4 members (excludes halogenated alkanes) is 5. The first-order chi connectivity index (χ1) is 17.8. The molecule has 1 unspecified atom stereocenters. The quantitative estimate of drug-likeness (QED) is 0.110. The summed E-state index contributed by atoms with van der Waals surface area (Å²) in [7, 11) is 0. The SMILES string of the molecule is CCCCCCC#C[C@H]1CCC[C@@H]1C(C=CCCCC(=O)OCCN1CCOCC1)C1CCCCC1. The number of morpholine rings is 1. The Bertz CT molecular complexity index is 681. The molecule has 1 saturated heterocycles. The number of allylic oxidation sites excluding steroid dienone is 2. The van der Waals surface area contributed by atoms with Gasteiger partial charge in [-0.1, -0.05) is 69.9 Å². The van der Waals surface area contributed by atoms with Crippen LogP contribution >= 0.6 is 0 Å². The standard InChI is InChI=1S/C32H53NO3/c1-2-3-4-5-6-9-15-29-18-14-20-31(29)30(28-16-10-7-11-17-28)19-12-8-13-21-32(34)36-27-24-33-22-25-35-26-23-33/h12,19,28-31H,2-8,10-11,13-14,16-18,20-27H2,1H3/t29-,30?,31-/m0/s1. The zero-order valence-corrected chi connectivity index (χ0v) is 23.2. The second-order valence-corrected chi connectivity index (χ2v) is 11.3. The molecule has 36 heavy (non-hydrogen) atoms. The summed E-state index contributed by atoms with van der Waals surface area (Å²) in [5.41, 5.74) is 0. The van der Waals surface area contributed by atoms with Gasteiger partial charge in [0.05, 0.1) is 13.2 Å². The van der Waals surface area contributed by atoms with E-state index in [1.54, 1.807) is 0 Å². The fraction of sp³-hybridized carbons (Fsp3) is 0.844. The average molecular weight is 500 g/mol. The number of ether oxygens (including phenoxy) is 2. The van der Waals surface area contributed by atoms with E-state index in [9.17, 15) is 4.79 Å². The molecule has 0 aromatic carbocycles. The van der Waals surface area contributed by atoms with Crippen LogP contribution in [0, 0.1) is 35.5 Å². The van der Waals surface area contributed by atoms with Crippen molar-refractivity contribution in [3.63, 3.8) is 0 Å². The van der Waals surface area contributed by atoms with Crippen LogP contribution in [0.2, 0.25) is 0 Å². The van der Waals surface area contributed by atoms with Gasteiger partial charge >= 0.3 is 5.97 Å². The number of hydrogen-bond donors (Lipinski definition) is 0. The van der Waals surface area contributed by atoms with Crippen LogP contribution in [0.5, 0.6) is 0 Å². The van der Waals surface area contributed by atoms with Crippen molar-refractivity contribution in [3.05, 3.63) is 12.2 Å². The van der Waals surface area contributed by atoms with Crippen molar-refractivity contribution in [1.29, 1.82) is 0 Å². The van der Waals surface area contributed by atoms with Gasteiger partial charge in [0.2, 0.25) is 0 Å². The van der Waals surface area contributed by atoms with Crippen molar-refractivity contribution in [1.82, 2.24) is 4.90 Å². The Labute approximate surface area is 221 Å². The van der Waals surface area contributed by atoms with Crippen molar-refractivity contribution in [2.24, 2.45) is 23.7 Å². The Hall–Kier alpha value is -1.31. The van der Waals surface area contributed by atoms with Crippen molar-refractivity contribution in [2.45, 2.75) is 110 Å². The molecule has 204 valence electrons. The Morgan fingerprint density at radius 1 is 1.03 bits per heavy atom. The summed E-state index contributed by atoms with van der Waals surface area (Å²) in [5, 5.41) is 0. The third-order valence-electron chi connectivity index (χ3n) is 8.59. The van der Waals surface area contributed by atoms with E-state index in [1.807, 2.05) is 0 Å². The summed E-state index contributed by atoms with van der Waals surface area (Å²) in [6, 6.07) is 0. The lowest BCUT2D eigenvalue weighted by Gasteiger charge is -2.34. The van der Waals surface area contributed by atoms with Crippen molar-refractivity contribution >= 4 is 5.97 Å². The summed E-state index contributed by atoms with van der Waals surface area (Å²) in [6.45, 7) is 7.05. The topological polar surface area (TPSA) is 38.8 Å². The predicted molar refractivity (Wildman–Crippen MR) is 149 cm³/mol. The van der Waals surface area contributed by atoms with Crippen LogP contribution in [0.4, 0.5) is 0 Å². The molecule has 2 saturated carbocycles. The average Bonchev–Trinajstić information content (AvgIpc) is 3.37. The van der Waals surface area contributed by atoms with E-state index in [-0.39, 0.29) is 5.97 Å². The number of carbonyl (C=O) groups excluding carboxylic acids is 1. The van der Waals surface area contributed by atoms with Gasteiger partial charge in [-0.3, -0.25) is 9.69 Å². The minimum Gasteiger partial charge on any atom is -0.464 e. The van der Waals surface area contributed by atoms with E-state index in [0.717, 1.165) is 63.9 Å². The molecule has 3 fully saturated rings. The van der Waals surface area contributed by atoms with Gasteiger partial charge in [0.1, 0.15) is 6.61 Å². The monoisotopic (exact) mass is 499 g/mol. The van der Waals surface area contributed by atoms with Crippen LogP contribution in [0.25, 0.3) is 0 Å². The molecule has 2 aliphatic carbocycles. The lowest BCUT2D eigenvalue weighted by atomic mass is 9.71. The van der Waals surface area contributed by atoms with Crippen molar-refractivity contribution in [3.8, 4) is 11.8 Å². The molecule has 0 bridgehead atoms. The molecule has 3 rings (SSSR count). The van der Waals surface area contributed by atoms with E-state index >= 15 is 0 Å². The Kier molecular flexibility index (Phi) is 14.6. The molecule has 0 N–H and O–H groups in total. The zero-order valence-electron chi connectivity index (χ0n) is 23.2. The number of carbonyl (C=O) groups is 1.